The van der Waals surface area contributed by atoms with Crippen LogP contribution in [0, 0.1) is 17.8 Å². The first kappa shape index (κ1) is 21.0. The Morgan fingerprint density at radius 3 is 2.21 bits per heavy atom. The van der Waals surface area contributed by atoms with Crippen molar-refractivity contribution in [1.82, 2.24) is 5.32 Å². The van der Waals surface area contributed by atoms with Gasteiger partial charge in [0.1, 0.15) is 6.04 Å². The summed E-state index contributed by atoms with van der Waals surface area (Å²) in [5.41, 5.74) is 0. The quantitative estimate of drug-likeness (QED) is 0.533. The molecule has 0 aliphatic heterocycles. The molecule has 0 saturated heterocycles. The number of rotatable bonds is 11. The summed E-state index contributed by atoms with van der Waals surface area (Å²) >= 11 is 0. The average Bonchev–Trinajstić information content (AvgIpc) is 2.54. The number of amides is 1. The molecule has 1 saturated carbocycles. The summed E-state index contributed by atoms with van der Waals surface area (Å²) in [6.45, 7) is 6.20. The zero-order chi connectivity index (χ0) is 17.9. The Morgan fingerprint density at radius 2 is 1.67 bits per heavy atom. The van der Waals surface area contributed by atoms with Gasteiger partial charge in [0.15, 0.2) is 0 Å². The molecule has 0 radical (unpaired) electrons. The highest BCUT2D eigenvalue weighted by molar-refractivity contribution is 5.85. The van der Waals surface area contributed by atoms with Crippen molar-refractivity contribution in [1.29, 1.82) is 0 Å². The second-order valence-electron chi connectivity index (χ2n) is 7.95. The van der Waals surface area contributed by atoms with Gasteiger partial charge in [0.2, 0.25) is 5.91 Å². The molecule has 0 bridgehead atoms. The zero-order valence-electron chi connectivity index (χ0n) is 15.9. The predicted octanol–water partition coefficient (Wildman–Crippen LogP) is 4.77. The summed E-state index contributed by atoms with van der Waals surface area (Å²) < 4.78 is 0. The lowest BCUT2D eigenvalue weighted by Gasteiger charge is -2.29. The van der Waals surface area contributed by atoms with Crippen molar-refractivity contribution in [3.63, 3.8) is 0 Å². The molecule has 4 nitrogen and oxygen atoms in total. The fourth-order valence-electron chi connectivity index (χ4n) is 3.73. The van der Waals surface area contributed by atoms with E-state index in [0.717, 1.165) is 31.6 Å². The van der Waals surface area contributed by atoms with E-state index in [4.69, 9.17) is 0 Å². The van der Waals surface area contributed by atoms with Crippen LogP contribution in [-0.2, 0) is 9.59 Å². The summed E-state index contributed by atoms with van der Waals surface area (Å²) in [5, 5.41) is 12.0. The minimum Gasteiger partial charge on any atom is -0.480 e. The van der Waals surface area contributed by atoms with Crippen LogP contribution in [-0.4, -0.2) is 23.0 Å². The Bertz CT molecular complexity index is 373. The third kappa shape index (κ3) is 8.16. The Hall–Kier alpha value is -1.06. The predicted molar refractivity (Wildman–Crippen MR) is 97.8 cm³/mol. The Balaban J connectivity index is 2.28. The van der Waals surface area contributed by atoms with Crippen LogP contribution >= 0.6 is 0 Å². The lowest BCUT2D eigenvalue weighted by atomic mass is 9.79. The van der Waals surface area contributed by atoms with Crippen molar-refractivity contribution < 1.29 is 14.7 Å². The molecule has 1 aliphatic rings. The van der Waals surface area contributed by atoms with Crippen molar-refractivity contribution in [2.75, 3.05) is 0 Å². The molecule has 0 aromatic heterocycles. The fourth-order valence-corrected chi connectivity index (χ4v) is 3.73. The van der Waals surface area contributed by atoms with Crippen LogP contribution in [0.1, 0.15) is 91.4 Å². The summed E-state index contributed by atoms with van der Waals surface area (Å²) in [6, 6.07) is -0.742. The van der Waals surface area contributed by atoms with Crippen molar-refractivity contribution >= 4 is 11.9 Å². The van der Waals surface area contributed by atoms with Gasteiger partial charge < -0.3 is 10.4 Å². The van der Waals surface area contributed by atoms with Crippen LogP contribution < -0.4 is 5.32 Å². The van der Waals surface area contributed by atoms with Crippen molar-refractivity contribution in [2.45, 2.75) is 97.4 Å². The maximum Gasteiger partial charge on any atom is 0.326 e. The van der Waals surface area contributed by atoms with Crippen molar-refractivity contribution in [2.24, 2.45) is 17.8 Å². The van der Waals surface area contributed by atoms with E-state index in [1.807, 2.05) is 13.8 Å². The van der Waals surface area contributed by atoms with Gasteiger partial charge in [-0.25, -0.2) is 4.79 Å². The number of unbranched alkanes of at least 4 members (excludes halogenated alkanes) is 4. The SMILES string of the molecule is CCCCCCCC1CCC(C(=O)N[C@H](CC(C)C)C(=O)O)CC1. The molecule has 1 atom stereocenters. The number of aliphatic carboxylic acids is 1. The van der Waals surface area contributed by atoms with Gasteiger partial charge in [0.25, 0.3) is 0 Å². The fraction of sp³-hybridized carbons (Fsp3) is 0.900. The van der Waals surface area contributed by atoms with Gasteiger partial charge in [-0.3, -0.25) is 4.79 Å². The first-order chi connectivity index (χ1) is 11.4. The largest absolute Gasteiger partial charge is 0.480 e. The number of carbonyl (C=O) groups excluding carboxylic acids is 1. The van der Waals surface area contributed by atoms with Gasteiger partial charge in [0, 0.05) is 5.92 Å². The molecule has 0 spiro atoms. The van der Waals surface area contributed by atoms with E-state index >= 15 is 0 Å². The molecule has 0 unspecified atom stereocenters. The summed E-state index contributed by atoms with van der Waals surface area (Å²) in [7, 11) is 0. The van der Waals surface area contributed by atoms with E-state index in [-0.39, 0.29) is 17.7 Å². The molecule has 0 aromatic carbocycles. The first-order valence-electron chi connectivity index (χ1n) is 9.97. The Kier molecular flexibility index (Phi) is 10.0. The maximum absolute atomic E-state index is 12.4. The first-order valence-corrected chi connectivity index (χ1v) is 9.97. The van der Waals surface area contributed by atoms with E-state index in [1.165, 1.54) is 38.5 Å². The monoisotopic (exact) mass is 339 g/mol. The number of carboxylic acid groups (broad SMARTS) is 1. The molecule has 2 N–H and O–H groups in total. The van der Waals surface area contributed by atoms with Gasteiger partial charge >= 0.3 is 5.97 Å². The number of hydrogen-bond donors (Lipinski definition) is 2. The molecule has 0 heterocycles. The van der Waals surface area contributed by atoms with Crippen LogP contribution in [0.3, 0.4) is 0 Å². The van der Waals surface area contributed by atoms with E-state index in [9.17, 15) is 14.7 Å². The van der Waals surface area contributed by atoms with Crippen LogP contribution in [0.4, 0.5) is 0 Å². The minimum atomic E-state index is -0.919. The second-order valence-corrected chi connectivity index (χ2v) is 7.95. The number of nitrogens with one attached hydrogen (secondary N) is 1. The Labute approximate surface area is 147 Å². The van der Waals surface area contributed by atoms with E-state index < -0.39 is 12.0 Å². The lowest BCUT2D eigenvalue weighted by molar-refractivity contribution is -0.143. The number of hydrogen-bond acceptors (Lipinski definition) is 2. The van der Waals surface area contributed by atoms with E-state index in [0.29, 0.717) is 6.42 Å². The summed E-state index contributed by atoms with van der Waals surface area (Å²) in [5.74, 6) is 0.0640. The van der Waals surface area contributed by atoms with Crippen molar-refractivity contribution in [3.05, 3.63) is 0 Å². The van der Waals surface area contributed by atoms with Gasteiger partial charge in [-0.1, -0.05) is 59.3 Å². The highest BCUT2D eigenvalue weighted by Gasteiger charge is 2.29. The minimum absolute atomic E-state index is 0.00959. The van der Waals surface area contributed by atoms with Gasteiger partial charge in [-0.05, 0) is 43.9 Å². The summed E-state index contributed by atoms with van der Waals surface area (Å²) in [6.07, 6.45) is 12.5. The van der Waals surface area contributed by atoms with E-state index in [1.54, 1.807) is 0 Å². The van der Waals surface area contributed by atoms with Crippen LogP contribution in [0.25, 0.3) is 0 Å². The maximum atomic E-state index is 12.4. The van der Waals surface area contributed by atoms with Crippen LogP contribution in [0.15, 0.2) is 0 Å². The summed E-state index contributed by atoms with van der Waals surface area (Å²) in [4.78, 5) is 23.6. The second kappa shape index (κ2) is 11.5. The highest BCUT2D eigenvalue weighted by atomic mass is 16.4. The number of carbonyl (C=O) groups is 2. The third-order valence-electron chi connectivity index (χ3n) is 5.26. The molecule has 1 aliphatic carbocycles. The molecule has 140 valence electrons. The molecular formula is C20H37NO3. The third-order valence-corrected chi connectivity index (χ3v) is 5.26. The lowest BCUT2D eigenvalue weighted by Crippen LogP contribution is -2.45. The van der Waals surface area contributed by atoms with Gasteiger partial charge in [-0.2, -0.15) is 0 Å². The van der Waals surface area contributed by atoms with Gasteiger partial charge in [-0.15, -0.1) is 0 Å². The van der Waals surface area contributed by atoms with Crippen LogP contribution in [0.2, 0.25) is 0 Å². The normalized spacial score (nSPS) is 22.3. The molecular weight excluding hydrogens is 302 g/mol. The molecule has 4 heteroatoms. The average molecular weight is 340 g/mol. The van der Waals surface area contributed by atoms with Gasteiger partial charge in [0.05, 0.1) is 0 Å². The van der Waals surface area contributed by atoms with Crippen LogP contribution in [0.5, 0.6) is 0 Å². The molecule has 1 rings (SSSR count). The number of carboxylic acids is 1. The smallest absolute Gasteiger partial charge is 0.326 e. The zero-order valence-corrected chi connectivity index (χ0v) is 15.9. The standard InChI is InChI=1S/C20H37NO3/c1-4-5-6-7-8-9-16-10-12-17(13-11-16)19(22)21-18(20(23)24)14-15(2)3/h15-18H,4-14H2,1-3H3,(H,21,22)(H,23,24)/t16?,17?,18-/m1/s1. The Morgan fingerprint density at radius 1 is 1.04 bits per heavy atom. The molecule has 0 aromatic rings. The van der Waals surface area contributed by atoms with E-state index in [2.05, 4.69) is 12.2 Å². The molecule has 24 heavy (non-hydrogen) atoms. The van der Waals surface area contributed by atoms with Crippen molar-refractivity contribution in [3.8, 4) is 0 Å². The molecule has 1 amide bonds. The topological polar surface area (TPSA) is 66.4 Å². The highest BCUT2D eigenvalue weighted by Crippen LogP contribution is 2.32. The molecule has 1 fully saturated rings.